The van der Waals surface area contributed by atoms with Crippen LogP contribution >= 0.6 is 0 Å². The van der Waals surface area contributed by atoms with Gasteiger partial charge in [0.15, 0.2) is 9.84 Å². The molecule has 5 heteroatoms. The maximum absolute atomic E-state index is 12.3. The van der Waals surface area contributed by atoms with E-state index in [1.807, 2.05) is 19.1 Å². The quantitative estimate of drug-likeness (QED) is 0.218. The zero-order valence-electron chi connectivity index (χ0n) is 18.8. The van der Waals surface area contributed by atoms with Crippen molar-refractivity contribution < 1.29 is 13.2 Å². The predicted molar refractivity (Wildman–Crippen MR) is 126 cm³/mol. The van der Waals surface area contributed by atoms with Crippen LogP contribution in [0, 0.1) is 6.92 Å². The monoisotopic (exact) mass is 435 g/mol. The van der Waals surface area contributed by atoms with Crippen LogP contribution in [0.2, 0.25) is 0 Å². The third-order valence-electron chi connectivity index (χ3n) is 5.37. The fraction of sp³-hybridized carbons (Fsp3) is 0.640. The normalized spacial score (nSPS) is 11.9. The van der Waals surface area contributed by atoms with Crippen LogP contribution in [0.5, 0.6) is 0 Å². The van der Waals surface area contributed by atoms with Gasteiger partial charge in [0.2, 0.25) is 5.91 Å². The number of primary amides is 1. The van der Waals surface area contributed by atoms with E-state index in [0.717, 1.165) is 50.5 Å². The predicted octanol–water partition coefficient (Wildman–Crippen LogP) is 6.27. The number of rotatable bonds is 18. The second-order valence-electron chi connectivity index (χ2n) is 8.29. The van der Waals surface area contributed by atoms with E-state index in [1.165, 1.54) is 38.5 Å². The van der Waals surface area contributed by atoms with E-state index >= 15 is 0 Å². The molecule has 0 saturated heterocycles. The van der Waals surface area contributed by atoms with Crippen molar-refractivity contribution in [3.05, 3.63) is 42.0 Å². The maximum Gasteiger partial charge on any atom is 0.217 e. The summed E-state index contributed by atoms with van der Waals surface area (Å²) in [5.41, 5.74) is 6.20. The van der Waals surface area contributed by atoms with Gasteiger partial charge in [0.1, 0.15) is 0 Å². The van der Waals surface area contributed by atoms with Crippen molar-refractivity contribution in [1.29, 1.82) is 0 Å². The van der Waals surface area contributed by atoms with Crippen LogP contribution in [0.3, 0.4) is 0 Å². The minimum absolute atomic E-state index is 0.191. The van der Waals surface area contributed by atoms with E-state index in [1.54, 1.807) is 12.1 Å². The molecule has 1 aromatic rings. The molecule has 0 bridgehead atoms. The number of aryl methyl sites for hydroxylation is 1. The van der Waals surface area contributed by atoms with Crippen LogP contribution in [0.1, 0.15) is 95.5 Å². The topological polar surface area (TPSA) is 77.2 Å². The molecule has 0 aliphatic rings. The summed E-state index contributed by atoms with van der Waals surface area (Å²) in [5.74, 6) is 0.0632. The molecule has 0 atom stereocenters. The molecular weight excluding hydrogens is 394 g/mol. The molecule has 1 rings (SSSR count). The number of hydrogen-bond donors (Lipinski definition) is 1. The van der Waals surface area contributed by atoms with Gasteiger partial charge in [-0.3, -0.25) is 4.79 Å². The Kier molecular flexibility index (Phi) is 14.2. The van der Waals surface area contributed by atoms with Gasteiger partial charge in [-0.25, -0.2) is 8.42 Å². The lowest BCUT2D eigenvalue weighted by Crippen LogP contribution is -2.09. The lowest BCUT2D eigenvalue weighted by atomic mass is 10.1. The summed E-state index contributed by atoms with van der Waals surface area (Å²) in [4.78, 5) is 11.1. The SMILES string of the molecule is Cc1ccc(S(=O)(=O)CCCCCCCC/C=C\CCCCCCCC(N)=O)cc1. The van der Waals surface area contributed by atoms with Gasteiger partial charge in [0.05, 0.1) is 10.6 Å². The standard InChI is InChI=1S/C25H41NO3S/c1-23-18-20-24(21-19-23)30(28,29)22-16-14-12-10-8-6-4-2-3-5-7-9-11-13-15-17-25(26)27/h2-3,18-21H,4-17,22H2,1H3,(H2,26,27)/b3-2-. The van der Waals surface area contributed by atoms with E-state index in [-0.39, 0.29) is 11.7 Å². The molecule has 0 aliphatic carbocycles. The molecule has 170 valence electrons. The number of unbranched alkanes of at least 4 members (excludes halogenated alkanes) is 11. The minimum atomic E-state index is -3.13. The Morgan fingerprint density at radius 1 is 0.767 bits per heavy atom. The summed E-state index contributed by atoms with van der Waals surface area (Å²) in [7, 11) is -3.13. The fourth-order valence-corrected chi connectivity index (χ4v) is 4.82. The summed E-state index contributed by atoms with van der Waals surface area (Å²) >= 11 is 0. The lowest BCUT2D eigenvalue weighted by Gasteiger charge is -2.05. The first kappa shape index (κ1) is 26.4. The van der Waals surface area contributed by atoms with E-state index < -0.39 is 9.84 Å². The Morgan fingerprint density at radius 2 is 1.23 bits per heavy atom. The zero-order valence-corrected chi connectivity index (χ0v) is 19.6. The lowest BCUT2D eigenvalue weighted by molar-refractivity contribution is -0.118. The van der Waals surface area contributed by atoms with E-state index in [9.17, 15) is 13.2 Å². The van der Waals surface area contributed by atoms with E-state index in [0.29, 0.717) is 11.3 Å². The van der Waals surface area contributed by atoms with Crippen LogP contribution in [-0.2, 0) is 14.6 Å². The van der Waals surface area contributed by atoms with Crippen LogP contribution in [-0.4, -0.2) is 20.1 Å². The third kappa shape index (κ3) is 13.6. The van der Waals surface area contributed by atoms with Crippen molar-refractivity contribution in [1.82, 2.24) is 0 Å². The summed E-state index contributed by atoms with van der Waals surface area (Å²) in [6, 6.07) is 7.14. The first-order chi connectivity index (χ1) is 14.4. The van der Waals surface area contributed by atoms with Gasteiger partial charge < -0.3 is 5.73 Å². The van der Waals surface area contributed by atoms with Crippen molar-refractivity contribution in [2.24, 2.45) is 5.73 Å². The molecule has 0 heterocycles. The van der Waals surface area contributed by atoms with Crippen LogP contribution in [0.25, 0.3) is 0 Å². The highest BCUT2D eigenvalue weighted by molar-refractivity contribution is 7.91. The van der Waals surface area contributed by atoms with Gasteiger partial charge >= 0.3 is 0 Å². The van der Waals surface area contributed by atoms with Crippen molar-refractivity contribution >= 4 is 15.7 Å². The Hall–Kier alpha value is -1.62. The molecule has 1 aromatic carbocycles. The number of amides is 1. The molecule has 0 aromatic heterocycles. The van der Waals surface area contributed by atoms with Crippen LogP contribution < -0.4 is 5.73 Å². The van der Waals surface area contributed by atoms with Gasteiger partial charge in [0.25, 0.3) is 0 Å². The Balaban J connectivity index is 1.91. The summed E-state index contributed by atoms with van der Waals surface area (Å²) in [5, 5.41) is 0. The summed E-state index contributed by atoms with van der Waals surface area (Å²) in [6.45, 7) is 1.96. The van der Waals surface area contributed by atoms with Gasteiger partial charge in [-0.15, -0.1) is 0 Å². The Bertz CT molecular complexity index is 708. The molecule has 0 unspecified atom stereocenters. The second-order valence-corrected chi connectivity index (χ2v) is 10.4. The number of benzene rings is 1. The molecule has 2 N–H and O–H groups in total. The molecule has 0 spiro atoms. The Labute approximate surface area is 184 Å². The smallest absolute Gasteiger partial charge is 0.217 e. The second kappa shape index (κ2) is 16.1. The highest BCUT2D eigenvalue weighted by Crippen LogP contribution is 2.15. The van der Waals surface area contributed by atoms with Crippen LogP contribution in [0.15, 0.2) is 41.3 Å². The summed E-state index contributed by atoms with van der Waals surface area (Å²) < 4.78 is 24.6. The van der Waals surface area contributed by atoms with Crippen molar-refractivity contribution in [3.8, 4) is 0 Å². The highest BCUT2D eigenvalue weighted by Gasteiger charge is 2.13. The molecule has 0 saturated carbocycles. The molecule has 0 aliphatic heterocycles. The molecule has 30 heavy (non-hydrogen) atoms. The van der Waals surface area contributed by atoms with E-state index in [4.69, 9.17) is 5.73 Å². The molecule has 0 radical (unpaired) electrons. The first-order valence-corrected chi connectivity index (χ1v) is 13.3. The fourth-order valence-electron chi connectivity index (χ4n) is 3.45. The number of sulfone groups is 1. The van der Waals surface area contributed by atoms with Crippen LogP contribution in [0.4, 0.5) is 0 Å². The average Bonchev–Trinajstić information content (AvgIpc) is 2.70. The van der Waals surface area contributed by atoms with Gasteiger partial charge in [0, 0.05) is 6.42 Å². The van der Waals surface area contributed by atoms with Crippen molar-refractivity contribution in [3.63, 3.8) is 0 Å². The molecule has 0 fully saturated rings. The number of carbonyl (C=O) groups excluding carboxylic acids is 1. The molecule has 4 nitrogen and oxygen atoms in total. The van der Waals surface area contributed by atoms with Crippen molar-refractivity contribution in [2.45, 2.75) is 102 Å². The zero-order chi connectivity index (χ0) is 22.1. The summed E-state index contributed by atoms with van der Waals surface area (Å²) in [6.07, 6.45) is 19.5. The molecule has 1 amide bonds. The highest BCUT2D eigenvalue weighted by atomic mass is 32.2. The number of hydrogen-bond acceptors (Lipinski definition) is 3. The molecular formula is C25H41NO3S. The van der Waals surface area contributed by atoms with Gasteiger partial charge in [-0.2, -0.15) is 0 Å². The number of nitrogens with two attached hydrogens (primary N) is 1. The Morgan fingerprint density at radius 3 is 1.77 bits per heavy atom. The van der Waals surface area contributed by atoms with Gasteiger partial charge in [-0.05, 0) is 57.6 Å². The van der Waals surface area contributed by atoms with Crippen molar-refractivity contribution in [2.75, 3.05) is 5.75 Å². The number of carbonyl (C=O) groups is 1. The third-order valence-corrected chi connectivity index (χ3v) is 7.19. The van der Waals surface area contributed by atoms with Gasteiger partial charge in [-0.1, -0.05) is 74.8 Å². The first-order valence-electron chi connectivity index (χ1n) is 11.6. The number of allylic oxidation sites excluding steroid dienone is 2. The average molecular weight is 436 g/mol. The maximum atomic E-state index is 12.3. The van der Waals surface area contributed by atoms with E-state index in [2.05, 4.69) is 12.2 Å². The minimum Gasteiger partial charge on any atom is -0.370 e. The largest absolute Gasteiger partial charge is 0.370 e.